The van der Waals surface area contributed by atoms with Crippen LogP contribution in [0.15, 0.2) is 60.7 Å². The summed E-state index contributed by atoms with van der Waals surface area (Å²) in [4.78, 5) is 23.8. The SMILES string of the molecule is C[C@H](CNC(=O)/C=C\c1cccc(Cl)c1)NC(=O)/C=C\c1cccc(Cl)c1. The Morgan fingerprint density at radius 1 is 0.926 bits per heavy atom. The van der Waals surface area contributed by atoms with Gasteiger partial charge in [0.15, 0.2) is 0 Å². The highest BCUT2D eigenvalue weighted by Crippen LogP contribution is 2.12. The lowest BCUT2D eigenvalue weighted by Crippen LogP contribution is -2.40. The van der Waals surface area contributed by atoms with Crippen molar-refractivity contribution in [3.05, 3.63) is 81.9 Å². The van der Waals surface area contributed by atoms with Crippen molar-refractivity contribution in [3.63, 3.8) is 0 Å². The van der Waals surface area contributed by atoms with E-state index in [1.54, 1.807) is 36.4 Å². The van der Waals surface area contributed by atoms with Crippen LogP contribution in [-0.4, -0.2) is 24.4 Å². The molecule has 0 aromatic heterocycles. The van der Waals surface area contributed by atoms with Crippen molar-refractivity contribution in [2.75, 3.05) is 6.54 Å². The van der Waals surface area contributed by atoms with Crippen molar-refractivity contribution < 1.29 is 9.59 Å². The van der Waals surface area contributed by atoms with Crippen LogP contribution in [0.25, 0.3) is 12.2 Å². The Morgan fingerprint density at radius 3 is 1.96 bits per heavy atom. The summed E-state index contributed by atoms with van der Waals surface area (Å²) in [6.07, 6.45) is 6.22. The van der Waals surface area contributed by atoms with E-state index in [0.717, 1.165) is 11.1 Å². The first kappa shape index (κ1) is 20.7. The van der Waals surface area contributed by atoms with E-state index in [0.29, 0.717) is 16.6 Å². The number of amides is 2. The molecule has 2 rings (SSSR count). The van der Waals surface area contributed by atoms with Gasteiger partial charge in [0.1, 0.15) is 0 Å². The Bertz CT molecular complexity index is 863. The van der Waals surface area contributed by atoms with E-state index in [1.807, 2.05) is 31.2 Å². The second-order valence-corrected chi connectivity index (χ2v) is 6.80. The molecule has 0 aliphatic carbocycles. The molecule has 0 saturated heterocycles. The largest absolute Gasteiger partial charge is 0.351 e. The molecule has 0 heterocycles. The van der Waals surface area contributed by atoms with Crippen LogP contribution in [0, 0.1) is 0 Å². The van der Waals surface area contributed by atoms with Gasteiger partial charge in [-0.05, 0) is 54.5 Å². The van der Waals surface area contributed by atoms with E-state index < -0.39 is 0 Å². The van der Waals surface area contributed by atoms with Gasteiger partial charge in [-0.1, -0.05) is 47.5 Å². The minimum atomic E-state index is -0.245. The van der Waals surface area contributed by atoms with Gasteiger partial charge < -0.3 is 10.6 Å². The maximum absolute atomic E-state index is 11.9. The molecule has 2 N–H and O–H groups in total. The first-order valence-electron chi connectivity index (χ1n) is 8.38. The molecule has 4 nitrogen and oxygen atoms in total. The van der Waals surface area contributed by atoms with Crippen molar-refractivity contribution in [2.24, 2.45) is 0 Å². The average molecular weight is 403 g/mol. The van der Waals surface area contributed by atoms with Crippen LogP contribution in [0.2, 0.25) is 10.0 Å². The smallest absolute Gasteiger partial charge is 0.244 e. The zero-order valence-electron chi connectivity index (χ0n) is 14.8. The molecule has 2 amide bonds. The normalized spacial score (nSPS) is 12.3. The monoisotopic (exact) mass is 402 g/mol. The third-order valence-electron chi connectivity index (χ3n) is 3.52. The summed E-state index contributed by atoms with van der Waals surface area (Å²) >= 11 is 11.8. The Morgan fingerprint density at radius 2 is 1.44 bits per heavy atom. The Hall–Kier alpha value is -2.56. The van der Waals surface area contributed by atoms with E-state index in [9.17, 15) is 9.59 Å². The van der Waals surface area contributed by atoms with Gasteiger partial charge in [0.05, 0.1) is 0 Å². The van der Waals surface area contributed by atoms with Crippen molar-refractivity contribution in [1.29, 1.82) is 0 Å². The number of hydrogen-bond donors (Lipinski definition) is 2. The van der Waals surface area contributed by atoms with Gasteiger partial charge in [0.25, 0.3) is 0 Å². The molecule has 6 heteroatoms. The fourth-order valence-electron chi connectivity index (χ4n) is 2.22. The van der Waals surface area contributed by atoms with Gasteiger partial charge in [-0.15, -0.1) is 0 Å². The lowest BCUT2D eigenvalue weighted by atomic mass is 10.2. The standard InChI is InChI=1S/C21H20Cl2N2O2/c1-15(25-21(27)11-9-17-5-3-7-19(23)13-17)14-24-20(26)10-8-16-4-2-6-18(22)12-16/h2-13,15H,14H2,1H3,(H,24,26)(H,25,27)/b10-8-,11-9-/t15-/m1/s1. The molecular weight excluding hydrogens is 383 g/mol. The first-order valence-corrected chi connectivity index (χ1v) is 9.13. The molecule has 1 atom stereocenters. The number of hydrogen-bond acceptors (Lipinski definition) is 2. The summed E-state index contributed by atoms with van der Waals surface area (Å²) in [5.41, 5.74) is 1.68. The molecule has 2 aromatic carbocycles. The maximum atomic E-state index is 11.9. The van der Waals surface area contributed by atoms with Crippen molar-refractivity contribution in [3.8, 4) is 0 Å². The van der Waals surface area contributed by atoms with E-state index in [4.69, 9.17) is 23.2 Å². The number of carbonyl (C=O) groups excluding carboxylic acids is 2. The third kappa shape index (κ3) is 8.11. The molecule has 140 valence electrons. The highest BCUT2D eigenvalue weighted by Gasteiger charge is 2.06. The molecule has 0 saturated carbocycles. The zero-order chi connectivity index (χ0) is 19.6. The third-order valence-corrected chi connectivity index (χ3v) is 3.99. The Balaban J connectivity index is 1.75. The van der Waals surface area contributed by atoms with Crippen LogP contribution >= 0.6 is 23.2 Å². The number of halogens is 2. The van der Waals surface area contributed by atoms with Crippen molar-refractivity contribution in [2.45, 2.75) is 13.0 Å². The van der Waals surface area contributed by atoms with E-state index >= 15 is 0 Å². The number of benzene rings is 2. The zero-order valence-corrected chi connectivity index (χ0v) is 16.3. The van der Waals surface area contributed by atoms with Crippen molar-refractivity contribution in [1.82, 2.24) is 10.6 Å². The molecule has 0 radical (unpaired) electrons. The van der Waals surface area contributed by atoms with Crippen LogP contribution in [0.4, 0.5) is 0 Å². The van der Waals surface area contributed by atoms with Crippen LogP contribution in [0.5, 0.6) is 0 Å². The Kier molecular flexibility index (Phi) is 8.11. The molecule has 0 spiro atoms. The quantitative estimate of drug-likeness (QED) is 0.676. The molecule has 0 unspecified atom stereocenters. The van der Waals surface area contributed by atoms with Gasteiger partial charge in [0, 0.05) is 34.8 Å². The van der Waals surface area contributed by atoms with E-state index in [2.05, 4.69) is 10.6 Å². The van der Waals surface area contributed by atoms with Crippen LogP contribution < -0.4 is 10.6 Å². The second kappa shape index (κ2) is 10.6. The topological polar surface area (TPSA) is 58.2 Å². The minimum Gasteiger partial charge on any atom is -0.351 e. The van der Waals surface area contributed by atoms with Gasteiger partial charge in [0.2, 0.25) is 11.8 Å². The number of carbonyl (C=O) groups is 2. The molecular formula is C21H20Cl2N2O2. The second-order valence-electron chi connectivity index (χ2n) is 5.93. The predicted octanol–water partition coefficient (Wildman–Crippen LogP) is 4.34. The molecule has 2 aromatic rings. The molecule has 0 aliphatic heterocycles. The summed E-state index contributed by atoms with van der Waals surface area (Å²) in [5.74, 6) is -0.489. The van der Waals surface area contributed by atoms with Crippen LogP contribution in [0.3, 0.4) is 0 Å². The lowest BCUT2D eigenvalue weighted by molar-refractivity contribution is -0.118. The van der Waals surface area contributed by atoms with Crippen LogP contribution in [-0.2, 0) is 9.59 Å². The molecule has 0 aliphatic rings. The predicted molar refractivity (Wildman–Crippen MR) is 112 cm³/mol. The maximum Gasteiger partial charge on any atom is 0.244 e. The molecule has 0 bridgehead atoms. The Labute approximate surface area is 168 Å². The molecule has 27 heavy (non-hydrogen) atoms. The summed E-state index contributed by atoms with van der Waals surface area (Å²) in [6.45, 7) is 2.13. The van der Waals surface area contributed by atoms with E-state index in [-0.39, 0.29) is 17.9 Å². The highest BCUT2D eigenvalue weighted by molar-refractivity contribution is 6.31. The summed E-state index contributed by atoms with van der Waals surface area (Å²) < 4.78 is 0. The highest BCUT2D eigenvalue weighted by atomic mass is 35.5. The minimum absolute atomic E-state index is 0.218. The van der Waals surface area contributed by atoms with E-state index in [1.165, 1.54) is 12.2 Å². The summed E-state index contributed by atoms with van der Waals surface area (Å²) in [5, 5.41) is 6.75. The number of nitrogens with one attached hydrogen (secondary N) is 2. The fraction of sp³-hybridized carbons (Fsp3) is 0.143. The van der Waals surface area contributed by atoms with Crippen molar-refractivity contribution >= 4 is 47.2 Å². The first-order chi connectivity index (χ1) is 12.9. The summed E-state index contributed by atoms with van der Waals surface area (Å²) in [6, 6.07) is 14.2. The van der Waals surface area contributed by atoms with Gasteiger partial charge >= 0.3 is 0 Å². The molecule has 0 fully saturated rings. The fourth-order valence-corrected chi connectivity index (χ4v) is 2.62. The lowest BCUT2D eigenvalue weighted by Gasteiger charge is -2.12. The van der Waals surface area contributed by atoms with Gasteiger partial charge in [-0.2, -0.15) is 0 Å². The summed E-state index contributed by atoms with van der Waals surface area (Å²) in [7, 11) is 0. The number of rotatable bonds is 7. The van der Waals surface area contributed by atoms with Gasteiger partial charge in [-0.3, -0.25) is 9.59 Å². The van der Waals surface area contributed by atoms with Gasteiger partial charge in [-0.25, -0.2) is 0 Å². The average Bonchev–Trinajstić information content (AvgIpc) is 2.63. The van der Waals surface area contributed by atoms with Crippen LogP contribution in [0.1, 0.15) is 18.1 Å².